The first kappa shape index (κ1) is 19.5. The number of aromatic nitrogens is 1. The van der Waals surface area contributed by atoms with Crippen molar-refractivity contribution in [2.24, 2.45) is 0 Å². The zero-order chi connectivity index (χ0) is 20.2. The summed E-state index contributed by atoms with van der Waals surface area (Å²) < 4.78 is 11.1. The Kier molecular flexibility index (Phi) is 5.86. The third kappa shape index (κ3) is 3.87. The molecule has 1 fully saturated rings. The molecule has 1 N–H and O–H groups in total. The minimum absolute atomic E-state index is 0.0812. The van der Waals surface area contributed by atoms with E-state index in [0.29, 0.717) is 32.7 Å². The van der Waals surface area contributed by atoms with Crippen molar-refractivity contribution in [2.75, 3.05) is 33.4 Å². The quantitative estimate of drug-likeness (QED) is 0.687. The van der Waals surface area contributed by atoms with Crippen LogP contribution in [0.4, 0.5) is 0 Å². The zero-order valence-electron chi connectivity index (χ0n) is 17.1. The van der Waals surface area contributed by atoms with Gasteiger partial charge in [-0.1, -0.05) is 43.3 Å². The number of methoxy groups -OCH3 is 1. The van der Waals surface area contributed by atoms with E-state index in [0.717, 1.165) is 28.8 Å². The number of ether oxygens (including phenoxy) is 2. The average molecular weight is 392 g/mol. The van der Waals surface area contributed by atoms with Crippen LogP contribution in [0.25, 0.3) is 10.9 Å². The Morgan fingerprint density at radius 1 is 1.14 bits per heavy atom. The Bertz CT molecular complexity index is 989. The molecule has 0 aliphatic carbocycles. The first-order valence-electron chi connectivity index (χ1n) is 10.3. The largest absolute Gasteiger partial charge is 0.496 e. The van der Waals surface area contributed by atoms with E-state index in [2.05, 4.69) is 42.4 Å². The lowest BCUT2D eigenvalue weighted by molar-refractivity contribution is -0.135. The number of nitrogens with zero attached hydrogens (tertiary/aromatic N) is 1. The molecule has 152 valence electrons. The number of amides is 1. The van der Waals surface area contributed by atoms with E-state index < -0.39 is 0 Å². The summed E-state index contributed by atoms with van der Waals surface area (Å²) in [6.07, 6.45) is 3.43. The summed E-state index contributed by atoms with van der Waals surface area (Å²) in [6.45, 7) is 4.70. The van der Waals surface area contributed by atoms with Gasteiger partial charge in [-0.3, -0.25) is 4.79 Å². The van der Waals surface area contributed by atoms with E-state index in [-0.39, 0.29) is 11.8 Å². The van der Waals surface area contributed by atoms with Crippen LogP contribution >= 0.6 is 0 Å². The van der Waals surface area contributed by atoms with Crippen LogP contribution in [-0.2, 0) is 16.0 Å². The molecule has 4 rings (SSSR count). The van der Waals surface area contributed by atoms with Crippen molar-refractivity contribution in [3.63, 3.8) is 0 Å². The number of H-pyrrole nitrogens is 1. The Morgan fingerprint density at radius 3 is 2.69 bits per heavy atom. The van der Waals surface area contributed by atoms with Crippen LogP contribution in [-0.4, -0.2) is 49.2 Å². The van der Waals surface area contributed by atoms with E-state index in [1.807, 2.05) is 23.1 Å². The van der Waals surface area contributed by atoms with Crippen molar-refractivity contribution in [1.29, 1.82) is 0 Å². The van der Waals surface area contributed by atoms with Crippen LogP contribution in [0, 0.1) is 0 Å². The van der Waals surface area contributed by atoms with Gasteiger partial charge >= 0.3 is 0 Å². The number of aromatic amines is 1. The molecule has 1 saturated heterocycles. The third-order valence-electron chi connectivity index (χ3n) is 5.85. The third-order valence-corrected chi connectivity index (χ3v) is 5.85. The fraction of sp³-hybridized carbons (Fsp3) is 0.375. The van der Waals surface area contributed by atoms with Gasteiger partial charge in [0.25, 0.3) is 0 Å². The summed E-state index contributed by atoms with van der Waals surface area (Å²) in [4.78, 5) is 18.5. The molecule has 0 radical (unpaired) electrons. The molecule has 5 heteroatoms. The van der Waals surface area contributed by atoms with Crippen LogP contribution in [0.1, 0.15) is 36.0 Å². The smallest absolute Gasteiger partial charge is 0.223 e. The number of carbonyl (C=O) groups is 1. The topological polar surface area (TPSA) is 54.6 Å². The van der Waals surface area contributed by atoms with Gasteiger partial charge in [0.1, 0.15) is 5.75 Å². The first-order chi connectivity index (χ1) is 14.2. The number of fused-ring (bicyclic) bond motifs is 1. The molecule has 1 aromatic heterocycles. The number of nitrogens with one attached hydrogen (secondary N) is 1. The first-order valence-corrected chi connectivity index (χ1v) is 10.3. The molecule has 1 atom stereocenters. The number of carbonyl (C=O) groups excluding carboxylic acids is 1. The van der Waals surface area contributed by atoms with Crippen molar-refractivity contribution in [3.05, 3.63) is 65.4 Å². The second-order valence-electron chi connectivity index (χ2n) is 7.43. The van der Waals surface area contributed by atoms with Gasteiger partial charge in [0, 0.05) is 48.1 Å². The summed E-state index contributed by atoms with van der Waals surface area (Å²) in [5, 5.41) is 1.18. The van der Waals surface area contributed by atoms with Gasteiger partial charge in [-0.2, -0.15) is 0 Å². The Hall–Kier alpha value is -2.79. The summed E-state index contributed by atoms with van der Waals surface area (Å²) in [5.74, 6) is 0.890. The van der Waals surface area contributed by atoms with Crippen LogP contribution in [0.2, 0.25) is 0 Å². The monoisotopic (exact) mass is 392 g/mol. The van der Waals surface area contributed by atoms with Crippen LogP contribution in [0.5, 0.6) is 5.75 Å². The van der Waals surface area contributed by atoms with E-state index in [9.17, 15) is 4.79 Å². The highest BCUT2D eigenvalue weighted by atomic mass is 16.5. The Morgan fingerprint density at radius 2 is 1.93 bits per heavy atom. The Labute approximate surface area is 171 Å². The highest BCUT2D eigenvalue weighted by Crippen LogP contribution is 2.38. The fourth-order valence-electron chi connectivity index (χ4n) is 4.28. The molecule has 0 saturated carbocycles. The maximum atomic E-state index is 13.2. The molecule has 29 heavy (non-hydrogen) atoms. The average Bonchev–Trinajstić information content (AvgIpc) is 3.22. The standard InChI is InChI=1S/C24H28N2O3/c1-3-17-7-6-9-19-21(16-25-24(17)19)20(18-8-4-5-10-22(18)28-2)15-23(27)26-11-13-29-14-12-26/h4-10,16,20,25H,3,11-15H2,1-2H3/t20-/m0/s1. The predicted molar refractivity (Wildman–Crippen MR) is 115 cm³/mol. The highest BCUT2D eigenvalue weighted by Gasteiger charge is 2.27. The van der Waals surface area contributed by atoms with Gasteiger partial charge in [-0.05, 0) is 23.6 Å². The lowest BCUT2D eigenvalue weighted by Crippen LogP contribution is -2.41. The molecule has 1 aliphatic rings. The van der Waals surface area contributed by atoms with Crippen molar-refractivity contribution < 1.29 is 14.3 Å². The van der Waals surface area contributed by atoms with Crippen LogP contribution < -0.4 is 4.74 Å². The van der Waals surface area contributed by atoms with E-state index >= 15 is 0 Å². The number of hydrogen-bond donors (Lipinski definition) is 1. The van der Waals surface area contributed by atoms with Crippen molar-refractivity contribution >= 4 is 16.8 Å². The molecular formula is C24H28N2O3. The second kappa shape index (κ2) is 8.70. The number of rotatable bonds is 6. The number of morpholine rings is 1. The van der Waals surface area contributed by atoms with E-state index in [4.69, 9.17) is 9.47 Å². The molecule has 0 bridgehead atoms. The van der Waals surface area contributed by atoms with E-state index in [1.165, 1.54) is 10.9 Å². The minimum atomic E-state index is -0.0812. The highest BCUT2D eigenvalue weighted by molar-refractivity contribution is 5.88. The molecule has 3 aromatic rings. The number of para-hydroxylation sites is 2. The number of aryl methyl sites for hydroxylation is 1. The van der Waals surface area contributed by atoms with Crippen molar-refractivity contribution in [3.8, 4) is 5.75 Å². The van der Waals surface area contributed by atoms with Crippen molar-refractivity contribution in [1.82, 2.24) is 9.88 Å². The lowest BCUT2D eigenvalue weighted by atomic mass is 9.86. The summed E-state index contributed by atoms with van der Waals surface area (Å²) in [5.41, 5.74) is 4.62. The van der Waals surface area contributed by atoms with Crippen molar-refractivity contribution in [2.45, 2.75) is 25.7 Å². The van der Waals surface area contributed by atoms with Gasteiger partial charge in [-0.25, -0.2) is 0 Å². The summed E-state index contributed by atoms with van der Waals surface area (Å²) in [7, 11) is 1.68. The molecule has 1 amide bonds. The SMILES string of the molecule is CCc1cccc2c([C@@H](CC(=O)N3CCOCC3)c3ccccc3OC)c[nH]c12. The van der Waals surface area contributed by atoms with Crippen LogP contribution in [0.15, 0.2) is 48.7 Å². The molecule has 1 aliphatic heterocycles. The number of hydrogen-bond acceptors (Lipinski definition) is 3. The van der Waals surface area contributed by atoms with Crippen LogP contribution in [0.3, 0.4) is 0 Å². The molecule has 5 nitrogen and oxygen atoms in total. The zero-order valence-corrected chi connectivity index (χ0v) is 17.1. The van der Waals surface area contributed by atoms with Gasteiger partial charge in [0.15, 0.2) is 0 Å². The molecule has 2 aromatic carbocycles. The van der Waals surface area contributed by atoms with Gasteiger partial charge in [0.05, 0.1) is 20.3 Å². The minimum Gasteiger partial charge on any atom is -0.496 e. The maximum absolute atomic E-state index is 13.2. The molecule has 2 heterocycles. The van der Waals surface area contributed by atoms with E-state index in [1.54, 1.807) is 7.11 Å². The Balaban J connectivity index is 1.77. The van der Waals surface area contributed by atoms with Gasteiger partial charge < -0.3 is 19.4 Å². The lowest BCUT2D eigenvalue weighted by Gasteiger charge is -2.29. The maximum Gasteiger partial charge on any atom is 0.223 e. The summed E-state index contributed by atoms with van der Waals surface area (Å²) in [6, 6.07) is 14.4. The fourth-order valence-corrected chi connectivity index (χ4v) is 4.28. The van der Waals surface area contributed by atoms with Gasteiger partial charge in [-0.15, -0.1) is 0 Å². The molecular weight excluding hydrogens is 364 g/mol. The second-order valence-corrected chi connectivity index (χ2v) is 7.43. The predicted octanol–water partition coefficient (Wildman–Crippen LogP) is 4.12. The van der Waals surface area contributed by atoms with Gasteiger partial charge in [0.2, 0.25) is 5.91 Å². The molecule has 0 unspecified atom stereocenters. The summed E-state index contributed by atoms with van der Waals surface area (Å²) >= 11 is 0. The number of benzene rings is 2. The molecule has 0 spiro atoms. The normalized spacial score (nSPS) is 15.4.